The molecule has 2 aliphatic rings. The Kier molecular flexibility index (Phi) is 4.93. The first-order valence-electron chi connectivity index (χ1n) is 9.69. The summed E-state index contributed by atoms with van der Waals surface area (Å²) >= 11 is 0. The van der Waals surface area contributed by atoms with E-state index in [2.05, 4.69) is 9.80 Å². The highest BCUT2D eigenvalue weighted by Gasteiger charge is 2.29. The number of anilines is 2. The second-order valence-electron chi connectivity index (χ2n) is 7.31. The monoisotopic (exact) mass is 386 g/mol. The van der Waals surface area contributed by atoms with Gasteiger partial charge in [0.25, 0.3) is 0 Å². The van der Waals surface area contributed by atoms with Crippen molar-refractivity contribution >= 4 is 34.0 Å². The zero-order valence-electron chi connectivity index (χ0n) is 15.5. The molecular formula is C18H22N6O4. The molecule has 0 amide bonds. The standard InChI is InChI=1S/C18H22N6O4/c25-23(26)15-11-13-14(12-16(15)24(27)28)20-18(22-9-5-2-6-10-22)17(19-13)21-7-3-1-4-8-21/h11-12H,1-10H2. The zero-order valence-corrected chi connectivity index (χ0v) is 15.5. The van der Waals surface area contributed by atoms with Gasteiger partial charge in [0, 0.05) is 26.2 Å². The minimum atomic E-state index is -0.738. The largest absolute Gasteiger partial charge is 0.354 e. The molecule has 10 nitrogen and oxygen atoms in total. The van der Waals surface area contributed by atoms with Crippen molar-refractivity contribution in [1.82, 2.24) is 9.97 Å². The van der Waals surface area contributed by atoms with Crippen LogP contribution in [0.5, 0.6) is 0 Å². The van der Waals surface area contributed by atoms with Crippen LogP contribution >= 0.6 is 0 Å². The molecule has 2 saturated heterocycles. The number of benzene rings is 1. The number of nitro benzene ring substituents is 2. The average Bonchev–Trinajstić information content (AvgIpc) is 2.73. The van der Waals surface area contributed by atoms with E-state index in [0.29, 0.717) is 11.0 Å². The summed E-state index contributed by atoms with van der Waals surface area (Å²) in [5, 5.41) is 22.6. The van der Waals surface area contributed by atoms with Crippen molar-refractivity contribution in [3.63, 3.8) is 0 Å². The molecule has 1 aromatic carbocycles. The summed E-state index contributed by atoms with van der Waals surface area (Å²) < 4.78 is 0. The molecule has 3 heterocycles. The molecule has 0 atom stereocenters. The fourth-order valence-corrected chi connectivity index (χ4v) is 3.99. The van der Waals surface area contributed by atoms with Crippen molar-refractivity contribution in [2.75, 3.05) is 36.0 Å². The maximum atomic E-state index is 11.3. The lowest BCUT2D eigenvalue weighted by molar-refractivity contribution is -0.422. The molecule has 2 aromatic rings. The van der Waals surface area contributed by atoms with Gasteiger partial charge in [-0.2, -0.15) is 0 Å². The second kappa shape index (κ2) is 7.53. The predicted molar refractivity (Wildman–Crippen MR) is 105 cm³/mol. The van der Waals surface area contributed by atoms with Crippen LogP contribution in [0.3, 0.4) is 0 Å². The number of rotatable bonds is 4. The van der Waals surface area contributed by atoms with Gasteiger partial charge in [-0.05, 0) is 38.5 Å². The van der Waals surface area contributed by atoms with Crippen molar-refractivity contribution in [2.24, 2.45) is 0 Å². The van der Waals surface area contributed by atoms with Gasteiger partial charge in [-0.1, -0.05) is 0 Å². The van der Waals surface area contributed by atoms with Gasteiger partial charge >= 0.3 is 11.4 Å². The van der Waals surface area contributed by atoms with E-state index in [1.54, 1.807) is 0 Å². The maximum absolute atomic E-state index is 11.3. The van der Waals surface area contributed by atoms with E-state index in [1.165, 1.54) is 25.0 Å². The minimum absolute atomic E-state index is 0.318. The Hall–Kier alpha value is -3.04. The summed E-state index contributed by atoms with van der Waals surface area (Å²) in [4.78, 5) is 34.9. The lowest BCUT2D eigenvalue weighted by Gasteiger charge is -2.34. The van der Waals surface area contributed by atoms with E-state index in [4.69, 9.17) is 9.97 Å². The highest BCUT2D eigenvalue weighted by Crippen LogP contribution is 2.36. The second-order valence-corrected chi connectivity index (χ2v) is 7.31. The molecule has 0 spiro atoms. The number of aromatic nitrogens is 2. The van der Waals surface area contributed by atoms with E-state index in [9.17, 15) is 20.2 Å². The topological polar surface area (TPSA) is 119 Å². The maximum Gasteiger partial charge on any atom is 0.348 e. The number of fused-ring (bicyclic) bond motifs is 1. The lowest BCUT2D eigenvalue weighted by Crippen LogP contribution is -2.35. The summed E-state index contributed by atoms with van der Waals surface area (Å²) in [6.45, 7) is 3.48. The smallest absolute Gasteiger partial charge is 0.348 e. The number of hydrogen-bond donors (Lipinski definition) is 0. The molecule has 28 heavy (non-hydrogen) atoms. The van der Waals surface area contributed by atoms with Crippen LogP contribution in [0.15, 0.2) is 12.1 Å². The SMILES string of the molecule is O=[N+]([O-])c1cc2nc(N3CCCCC3)c(N3CCCCC3)nc2cc1[N+](=O)[O-]. The third-order valence-corrected chi connectivity index (χ3v) is 5.43. The summed E-state index contributed by atoms with van der Waals surface area (Å²) in [5.74, 6) is 1.47. The Morgan fingerprint density at radius 1 is 0.679 bits per heavy atom. The third kappa shape index (κ3) is 3.41. The Balaban J connectivity index is 1.89. The average molecular weight is 386 g/mol. The molecule has 0 radical (unpaired) electrons. The molecule has 0 saturated carbocycles. The zero-order chi connectivity index (χ0) is 19.7. The fraction of sp³-hybridized carbons (Fsp3) is 0.556. The van der Waals surface area contributed by atoms with E-state index in [-0.39, 0.29) is 0 Å². The summed E-state index contributed by atoms with van der Waals surface area (Å²) in [7, 11) is 0. The molecule has 2 aliphatic heterocycles. The van der Waals surface area contributed by atoms with Crippen molar-refractivity contribution < 1.29 is 9.85 Å². The summed E-state index contributed by atoms with van der Waals surface area (Å²) in [5.41, 5.74) is -0.471. The predicted octanol–water partition coefficient (Wildman–Crippen LogP) is 3.43. The van der Waals surface area contributed by atoms with Crippen LogP contribution in [-0.4, -0.2) is 46.0 Å². The van der Waals surface area contributed by atoms with Gasteiger partial charge in [-0.15, -0.1) is 0 Å². The molecule has 1 aromatic heterocycles. The molecule has 0 unspecified atom stereocenters. The van der Waals surface area contributed by atoms with Crippen LogP contribution in [0, 0.1) is 20.2 Å². The van der Waals surface area contributed by atoms with E-state index in [1.807, 2.05) is 0 Å². The van der Waals surface area contributed by atoms with Gasteiger partial charge in [0.2, 0.25) is 0 Å². The molecule has 0 N–H and O–H groups in total. The Labute approximate surface area is 161 Å². The normalized spacial score (nSPS) is 17.7. The molecular weight excluding hydrogens is 364 g/mol. The van der Waals surface area contributed by atoms with Crippen molar-refractivity contribution in [2.45, 2.75) is 38.5 Å². The van der Waals surface area contributed by atoms with Crippen LogP contribution in [0.25, 0.3) is 11.0 Å². The first-order valence-corrected chi connectivity index (χ1v) is 9.69. The van der Waals surface area contributed by atoms with Crippen molar-refractivity contribution in [1.29, 1.82) is 0 Å². The highest BCUT2D eigenvalue weighted by molar-refractivity contribution is 5.86. The highest BCUT2D eigenvalue weighted by atomic mass is 16.6. The summed E-state index contributed by atoms with van der Waals surface area (Å²) in [6, 6.07) is 2.35. The van der Waals surface area contributed by atoms with Gasteiger partial charge in [0.1, 0.15) is 0 Å². The minimum Gasteiger partial charge on any atom is -0.354 e. The molecule has 0 aliphatic carbocycles. The lowest BCUT2D eigenvalue weighted by atomic mass is 10.1. The number of piperidine rings is 2. The van der Waals surface area contributed by atoms with Gasteiger partial charge in [-0.3, -0.25) is 20.2 Å². The van der Waals surface area contributed by atoms with E-state index in [0.717, 1.165) is 63.5 Å². The van der Waals surface area contributed by atoms with Gasteiger partial charge in [-0.25, -0.2) is 9.97 Å². The number of hydrogen-bond acceptors (Lipinski definition) is 8. The molecule has 0 bridgehead atoms. The Morgan fingerprint density at radius 2 is 1.04 bits per heavy atom. The van der Waals surface area contributed by atoms with Crippen molar-refractivity contribution in [3.8, 4) is 0 Å². The molecule has 10 heteroatoms. The first kappa shape index (κ1) is 18.3. The van der Waals surface area contributed by atoms with Gasteiger partial charge in [0.05, 0.1) is 33.0 Å². The van der Waals surface area contributed by atoms with Crippen molar-refractivity contribution in [3.05, 3.63) is 32.4 Å². The third-order valence-electron chi connectivity index (χ3n) is 5.43. The van der Waals surface area contributed by atoms with E-state index < -0.39 is 21.2 Å². The number of nitrogens with zero attached hydrogens (tertiary/aromatic N) is 6. The van der Waals surface area contributed by atoms with Crippen LogP contribution in [0.4, 0.5) is 23.0 Å². The quantitative estimate of drug-likeness (QED) is 0.579. The van der Waals surface area contributed by atoms with Crippen LogP contribution in [0.2, 0.25) is 0 Å². The molecule has 4 rings (SSSR count). The fourth-order valence-electron chi connectivity index (χ4n) is 3.99. The first-order chi connectivity index (χ1) is 13.5. The van der Waals surface area contributed by atoms with Crippen LogP contribution in [-0.2, 0) is 0 Å². The van der Waals surface area contributed by atoms with Gasteiger partial charge < -0.3 is 9.80 Å². The molecule has 148 valence electrons. The Bertz CT molecular complexity index is 847. The van der Waals surface area contributed by atoms with E-state index >= 15 is 0 Å². The van der Waals surface area contributed by atoms with Crippen LogP contribution < -0.4 is 9.80 Å². The van der Waals surface area contributed by atoms with Gasteiger partial charge in [0.15, 0.2) is 11.6 Å². The van der Waals surface area contributed by atoms with Crippen LogP contribution in [0.1, 0.15) is 38.5 Å². The Morgan fingerprint density at radius 3 is 1.36 bits per heavy atom. The number of nitro groups is 2. The summed E-state index contributed by atoms with van der Waals surface area (Å²) in [6.07, 6.45) is 6.63. The molecule has 2 fully saturated rings.